The Kier molecular flexibility index (Phi) is 5.48. The Balaban J connectivity index is 3.12. The largest absolute Gasteiger partial charge is 0.466 e. The predicted octanol–water partition coefficient (Wildman–Crippen LogP) is 2.51. The topological polar surface area (TPSA) is 59.4 Å². The van der Waals surface area contributed by atoms with Gasteiger partial charge in [0.1, 0.15) is 5.60 Å². The van der Waals surface area contributed by atoms with E-state index < -0.39 is 11.5 Å². The highest BCUT2D eigenvalue weighted by Gasteiger charge is 2.42. The van der Waals surface area contributed by atoms with Gasteiger partial charge >= 0.3 is 5.97 Å². The molecule has 0 bridgehead atoms. The molecule has 106 valence electrons. The van der Waals surface area contributed by atoms with E-state index in [-0.39, 0.29) is 11.9 Å². The van der Waals surface area contributed by atoms with E-state index in [9.17, 15) is 9.90 Å². The number of ether oxygens (including phenoxy) is 1. The molecule has 1 N–H and O–H groups in total. The maximum absolute atomic E-state index is 12.2. The number of aromatic nitrogens is 1. The summed E-state index contributed by atoms with van der Waals surface area (Å²) >= 11 is 0. The Labute approximate surface area is 114 Å². The van der Waals surface area contributed by atoms with Gasteiger partial charge in [0, 0.05) is 18.0 Å². The van der Waals surface area contributed by atoms with Crippen molar-refractivity contribution in [2.75, 3.05) is 6.61 Å². The highest BCUT2D eigenvalue weighted by Crippen LogP contribution is 2.36. The number of carbonyl (C=O) groups excluding carboxylic acids is 1. The van der Waals surface area contributed by atoms with Crippen LogP contribution in [0.3, 0.4) is 0 Å². The molecule has 0 radical (unpaired) electrons. The minimum Gasteiger partial charge on any atom is -0.466 e. The second kappa shape index (κ2) is 6.66. The average molecular weight is 265 g/mol. The predicted molar refractivity (Wildman–Crippen MR) is 73.4 cm³/mol. The molecule has 0 aromatic carbocycles. The SMILES string of the molecule is CCOC(=O)C(C(C)CC)C(C)(O)c1cccnc1. The number of hydrogen-bond acceptors (Lipinski definition) is 4. The van der Waals surface area contributed by atoms with Gasteiger partial charge in [-0.05, 0) is 25.8 Å². The summed E-state index contributed by atoms with van der Waals surface area (Å²) < 4.78 is 5.12. The number of nitrogens with zero attached hydrogens (tertiary/aromatic N) is 1. The first-order valence-corrected chi connectivity index (χ1v) is 6.74. The molecule has 4 nitrogen and oxygen atoms in total. The number of pyridine rings is 1. The molecule has 4 heteroatoms. The molecular formula is C15H23NO3. The van der Waals surface area contributed by atoms with Crippen LogP contribution in [-0.2, 0) is 15.1 Å². The van der Waals surface area contributed by atoms with E-state index in [0.29, 0.717) is 12.2 Å². The van der Waals surface area contributed by atoms with E-state index in [4.69, 9.17) is 4.74 Å². The summed E-state index contributed by atoms with van der Waals surface area (Å²) in [6.07, 6.45) is 4.02. The molecule has 1 heterocycles. The van der Waals surface area contributed by atoms with Crippen molar-refractivity contribution in [3.63, 3.8) is 0 Å². The van der Waals surface area contributed by atoms with Crippen LogP contribution in [-0.4, -0.2) is 22.7 Å². The van der Waals surface area contributed by atoms with Gasteiger partial charge in [-0.2, -0.15) is 0 Å². The Hall–Kier alpha value is -1.42. The van der Waals surface area contributed by atoms with Gasteiger partial charge in [0.15, 0.2) is 0 Å². The van der Waals surface area contributed by atoms with Crippen LogP contribution in [0.25, 0.3) is 0 Å². The van der Waals surface area contributed by atoms with Gasteiger partial charge in [0.05, 0.1) is 12.5 Å². The lowest BCUT2D eigenvalue weighted by molar-refractivity contribution is -0.162. The smallest absolute Gasteiger partial charge is 0.312 e. The summed E-state index contributed by atoms with van der Waals surface area (Å²) in [5.74, 6) is -0.929. The summed E-state index contributed by atoms with van der Waals surface area (Å²) in [6, 6.07) is 3.53. The van der Waals surface area contributed by atoms with Crippen LogP contribution in [0.5, 0.6) is 0 Å². The van der Waals surface area contributed by atoms with Crippen LogP contribution in [0.4, 0.5) is 0 Å². The summed E-state index contributed by atoms with van der Waals surface area (Å²) in [7, 11) is 0. The van der Waals surface area contributed by atoms with Crippen molar-refractivity contribution in [2.45, 2.75) is 39.7 Å². The molecule has 3 unspecified atom stereocenters. The third kappa shape index (κ3) is 3.53. The van der Waals surface area contributed by atoms with Gasteiger partial charge in [-0.25, -0.2) is 0 Å². The van der Waals surface area contributed by atoms with Crippen molar-refractivity contribution in [3.8, 4) is 0 Å². The molecule has 0 aliphatic rings. The Morgan fingerprint density at radius 2 is 2.21 bits per heavy atom. The number of aliphatic hydroxyl groups is 1. The van der Waals surface area contributed by atoms with Gasteiger partial charge in [0.2, 0.25) is 0 Å². The molecule has 0 spiro atoms. The quantitative estimate of drug-likeness (QED) is 0.803. The molecule has 0 saturated heterocycles. The normalized spacial score (nSPS) is 17.3. The minimum absolute atomic E-state index is 0.0225. The van der Waals surface area contributed by atoms with Crippen molar-refractivity contribution < 1.29 is 14.6 Å². The van der Waals surface area contributed by atoms with Crippen LogP contribution >= 0.6 is 0 Å². The standard InChI is InChI=1S/C15H23NO3/c1-5-11(3)13(14(17)19-6-2)15(4,18)12-8-7-9-16-10-12/h7-11,13,18H,5-6H2,1-4H3. The van der Waals surface area contributed by atoms with Crippen LogP contribution in [0.15, 0.2) is 24.5 Å². The van der Waals surface area contributed by atoms with Crippen LogP contribution in [0.1, 0.15) is 39.7 Å². The number of rotatable bonds is 6. The van der Waals surface area contributed by atoms with Crippen LogP contribution < -0.4 is 0 Å². The Morgan fingerprint density at radius 1 is 1.53 bits per heavy atom. The fourth-order valence-electron chi connectivity index (χ4n) is 2.33. The third-order valence-corrected chi connectivity index (χ3v) is 3.61. The molecule has 0 aliphatic heterocycles. The van der Waals surface area contributed by atoms with E-state index in [1.807, 2.05) is 13.8 Å². The minimum atomic E-state index is -1.28. The van der Waals surface area contributed by atoms with Crippen LogP contribution in [0, 0.1) is 11.8 Å². The fraction of sp³-hybridized carbons (Fsp3) is 0.600. The van der Waals surface area contributed by atoms with Crippen molar-refractivity contribution in [2.24, 2.45) is 11.8 Å². The zero-order valence-corrected chi connectivity index (χ0v) is 12.1. The maximum Gasteiger partial charge on any atom is 0.312 e. The second-order valence-corrected chi connectivity index (χ2v) is 5.00. The lowest BCUT2D eigenvalue weighted by Gasteiger charge is -2.35. The first-order chi connectivity index (χ1) is 8.95. The van der Waals surface area contributed by atoms with Gasteiger partial charge in [-0.1, -0.05) is 26.3 Å². The van der Waals surface area contributed by atoms with Crippen molar-refractivity contribution in [1.29, 1.82) is 0 Å². The molecule has 3 atom stereocenters. The van der Waals surface area contributed by atoms with Gasteiger partial charge in [-0.3, -0.25) is 9.78 Å². The van der Waals surface area contributed by atoms with E-state index in [1.165, 1.54) is 0 Å². The van der Waals surface area contributed by atoms with Crippen LogP contribution in [0.2, 0.25) is 0 Å². The summed E-state index contributed by atoms with van der Waals surface area (Å²) in [5, 5.41) is 10.8. The average Bonchev–Trinajstić information content (AvgIpc) is 2.39. The number of esters is 1. The van der Waals surface area contributed by atoms with E-state index >= 15 is 0 Å². The molecule has 0 amide bonds. The number of hydrogen-bond donors (Lipinski definition) is 1. The molecule has 1 aromatic rings. The summed E-state index contributed by atoms with van der Waals surface area (Å²) in [5.41, 5.74) is -0.649. The lowest BCUT2D eigenvalue weighted by atomic mass is 9.75. The Bertz CT molecular complexity index is 403. The number of carbonyl (C=O) groups is 1. The fourth-order valence-corrected chi connectivity index (χ4v) is 2.33. The van der Waals surface area contributed by atoms with Crippen molar-refractivity contribution >= 4 is 5.97 Å². The molecule has 0 saturated carbocycles. The monoisotopic (exact) mass is 265 g/mol. The van der Waals surface area contributed by atoms with Gasteiger partial charge in [-0.15, -0.1) is 0 Å². The molecule has 0 fully saturated rings. The zero-order chi connectivity index (χ0) is 14.5. The molecule has 0 aliphatic carbocycles. The van der Waals surface area contributed by atoms with E-state index in [1.54, 1.807) is 38.4 Å². The second-order valence-electron chi connectivity index (χ2n) is 5.00. The molecule has 1 aromatic heterocycles. The van der Waals surface area contributed by atoms with E-state index in [0.717, 1.165) is 6.42 Å². The highest BCUT2D eigenvalue weighted by atomic mass is 16.5. The highest BCUT2D eigenvalue weighted by molar-refractivity contribution is 5.74. The first kappa shape index (κ1) is 15.6. The lowest BCUT2D eigenvalue weighted by Crippen LogP contribution is -2.42. The van der Waals surface area contributed by atoms with Gasteiger partial charge < -0.3 is 9.84 Å². The Morgan fingerprint density at radius 3 is 2.68 bits per heavy atom. The zero-order valence-electron chi connectivity index (χ0n) is 12.1. The maximum atomic E-state index is 12.2. The van der Waals surface area contributed by atoms with Crippen molar-refractivity contribution in [3.05, 3.63) is 30.1 Å². The van der Waals surface area contributed by atoms with Crippen molar-refractivity contribution in [1.82, 2.24) is 4.98 Å². The first-order valence-electron chi connectivity index (χ1n) is 6.74. The summed E-state index contributed by atoms with van der Waals surface area (Å²) in [4.78, 5) is 16.2. The summed E-state index contributed by atoms with van der Waals surface area (Å²) in [6.45, 7) is 7.68. The molecular weight excluding hydrogens is 242 g/mol. The molecule has 19 heavy (non-hydrogen) atoms. The van der Waals surface area contributed by atoms with Gasteiger partial charge in [0.25, 0.3) is 0 Å². The molecule has 1 rings (SSSR count). The third-order valence-electron chi connectivity index (χ3n) is 3.61. The van der Waals surface area contributed by atoms with E-state index in [2.05, 4.69) is 4.98 Å².